The second kappa shape index (κ2) is 7.39. The van der Waals surface area contributed by atoms with Gasteiger partial charge in [-0.1, -0.05) is 38.8 Å². The Labute approximate surface area is 127 Å². The average molecular weight is 287 g/mol. The summed E-state index contributed by atoms with van der Waals surface area (Å²) in [5, 5.41) is 0. The predicted molar refractivity (Wildman–Crippen MR) is 85.7 cm³/mol. The largest absolute Gasteiger partial charge is 0.311 e. The molecule has 1 aliphatic rings. The molecule has 0 atom stereocenters. The number of amides is 1. The molecular weight excluding hydrogens is 262 g/mol. The van der Waals surface area contributed by atoms with E-state index in [1.54, 1.807) is 0 Å². The number of rotatable bonds is 5. The molecule has 1 amide bonds. The van der Waals surface area contributed by atoms with Crippen molar-refractivity contribution in [3.8, 4) is 0 Å². The second-order valence-electron chi connectivity index (χ2n) is 5.81. The first-order valence-electron chi connectivity index (χ1n) is 8.12. The molecule has 1 aromatic rings. The molecule has 0 unspecified atom stereocenters. The Balaban J connectivity index is 2.31. The number of fused-ring (bicyclic) bond motifs is 1. The van der Waals surface area contributed by atoms with Gasteiger partial charge in [0.25, 0.3) is 0 Å². The van der Waals surface area contributed by atoms with Gasteiger partial charge in [-0.3, -0.25) is 9.59 Å². The first-order chi connectivity index (χ1) is 10.2. The van der Waals surface area contributed by atoms with Crippen LogP contribution in [0.3, 0.4) is 0 Å². The van der Waals surface area contributed by atoms with Crippen molar-refractivity contribution >= 4 is 17.4 Å². The van der Waals surface area contributed by atoms with Gasteiger partial charge >= 0.3 is 0 Å². The third-order valence-corrected chi connectivity index (χ3v) is 4.17. The Hall–Kier alpha value is -1.64. The van der Waals surface area contributed by atoms with E-state index in [9.17, 15) is 9.59 Å². The van der Waals surface area contributed by atoms with Gasteiger partial charge in [0.2, 0.25) is 5.91 Å². The summed E-state index contributed by atoms with van der Waals surface area (Å²) in [7, 11) is 0. The molecule has 0 N–H and O–H groups in total. The number of carbonyl (C=O) groups is 2. The summed E-state index contributed by atoms with van der Waals surface area (Å²) in [5.74, 6) is 0.436. The van der Waals surface area contributed by atoms with Crippen LogP contribution in [-0.2, 0) is 4.79 Å². The van der Waals surface area contributed by atoms with Gasteiger partial charge in [-0.25, -0.2) is 0 Å². The maximum Gasteiger partial charge on any atom is 0.230 e. The van der Waals surface area contributed by atoms with Gasteiger partial charge in [0.1, 0.15) is 0 Å². The highest BCUT2D eigenvalue weighted by molar-refractivity contribution is 6.07. The number of para-hydroxylation sites is 1. The molecule has 3 nitrogen and oxygen atoms in total. The molecule has 3 heteroatoms. The van der Waals surface area contributed by atoms with Gasteiger partial charge in [0.15, 0.2) is 5.78 Å². The van der Waals surface area contributed by atoms with Crippen LogP contribution >= 0.6 is 0 Å². The van der Waals surface area contributed by atoms with Crippen molar-refractivity contribution in [2.24, 2.45) is 5.92 Å². The molecule has 1 heterocycles. The lowest BCUT2D eigenvalue weighted by Crippen LogP contribution is -2.37. The van der Waals surface area contributed by atoms with E-state index in [2.05, 4.69) is 13.8 Å². The lowest BCUT2D eigenvalue weighted by molar-refractivity contribution is -0.122. The molecule has 1 aromatic carbocycles. The molecule has 114 valence electrons. The quantitative estimate of drug-likeness (QED) is 0.813. The van der Waals surface area contributed by atoms with Crippen LogP contribution < -0.4 is 4.90 Å². The number of hydrogen-bond acceptors (Lipinski definition) is 2. The highest BCUT2D eigenvalue weighted by Crippen LogP contribution is 2.29. The number of carbonyl (C=O) groups excluding carboxylic acids is 2. The molecule has 0 spiro atoms. The van der Waals surface area contributed by atoms with E-state index < -0.39 is 0 Å². The predicted octanol–water partition coefficient (Wildman–Crippen LogP) is 4.21. The summed E-state index contributed by atoms with van der Waals surface area (Å²) in [6, 6.07) is 7.54. The van der Waals surface area contributed by atoms with Crippen LogP contribution in [0.2, 0.25) is 0 Å². The second-order valence-corrected chi connectivity index (χ2v) is 5.81. The van der Waals surface area contributed by atoms with Crippen molar-refractivity contribution in [1.29, 1.82) is 0 Å². The van der Waals surface area contributed by atoms with Gasteiger partial charge in [0, 0.05) is 24.4 Å². The number of hydrogen-bond donors (Lipinski definition) is 0. The molecule has 2 rings (SSSR count). The minimum absolute atomic E-state index is 0.0845. The standard InChI is InChI=1S/C18H25NO2/c1-3-8-14(9-4-2)18(21)19-13-7-12-17(20)15-10-5-6-11-16(15)19/h5-6,10-11,14H,3-4,7-9,12-13H2,1-2H3. The van der Waals surface area contributed by atoms with Crippen LogP contribution in [0.5, 0.6) is 0 Å². The van der Waals surface area contributed by atoms with E-state index in [1.165, 1.54) is 0 Å². The van der Waals surface area contributed by atoms with Crippen LogP contribution in [0.15, 0.2) is 24.3 Å². The maximum atomic E-state index is 12.9. The first-order valence-corrected chi connectivity index (χ1v) is 8.12. The van der Waals surface area contributed by atoms with Gasteiger partial charge in [0.05, 0.1) is 5.69 Å². The lowest BCUT2D eigenvalue weighted by atomic mass is 9.96. The van der Waals surface area contributed by atoms with Crippen molar-refractivity contribution in [1.82, 2.24) is 0 Å². The number of Topliss-reactive ketones (excluding diaryl/α,β-unsaturated/α-hetero) is 1. The highest BCUT2D eigenvalue weighted by atomic mass is 16.2. The lowest BCUT2D eigenvalue weighted by Gasteiger charge is -2.27. The number of benzene rings is 1. The SMILES string of the molecule is CCCC(CCC)C(=O)N1CCCC(=O)c2ccccc21. The van der Waals surface area contributed by atoms with Gasteiger partial charge in [-0.15, -0.1) is 0 Å². The molecule has 1 aliphatic heterocycles. The monoisotopic (exact) mass is 287 g/mol. The summed E-state index contributed by atoms with van der Waals surface area (Å²) in [6.07, 6.45) is 5.19. The first kappa shape index (κ1) is 15.7. The van der Waals surface area contributed by atoms with Crippen LogP contribution in [0.4, 0.5) is 5.69 Å². The smallest absolute Gasteiger partial charge is 0.230 e. The molecule has 21 heavy (non-hydrogen) atoms. The van der Waals surface area contributed by atoms with Gasteiger partial charge in [-0.05, 0) is 31.4 Å². The Morgan fingerprint density at radius 2 is 1.86 bits per heavy atom. The molecule has 0 bridgehead atoms. The average Bonchev–Trinajstić information content (AvgIpc) is 2.66. The van der Waals surface area contributed by atoms with Gasteiger partial charge < -0.3 is 4.90 Å². The third kappa shape index (κ3) is 3.52. The number of anilines is 1. The van der Waals surface area contributed by atoms with E-state index in [-0.39, 0.29) is 17.6 Å². The maximum absolute atomic E-state index is 12.9. The number of ketones is 1. The molecule has 0 aromatic heterocycles. The topological polar surface area (TPSA) is 37.4 Å². The van der Waals surface area contributed by atoms with Crippen molar-refractivity contribution < 1.29 is 9.59 Å². The zero-order valence-corrected chi connectivity index (χ0v) is 13.1. The zero-order valence-electron chi connectivity index (χ0n) is 13.1. The fraction of sp³-hybridized carbons (Fsp3) is 0.556. The van der Waals surface area contributed by atoms with Gasteiger partial charge in [-0.2, -0.15) is 0 Å². The fourth-order valence-corrected chi connectivity index (χ4v) is 3.14. The van der Waals surface area contributed by atoms with E-state index >= 15 is 0 Å². The summed E-state index contributed by atoms with van der Waals surface area (Å²) in [6.45, 7) is 4.90. The Morgan fingerprint density at radius 1 is 1.19 bits per heavy atom. The van der Waals surface area contributed by atoms with E-state index in [0.717, 1.165) is 37.8 Å². The minimum atomic E-state index is 0.0845. The molecular formula is C18H25NO2. The fourth-order valence-electron chi connectivity index (χ4n) is 3.14. The molecule has 0 saturated heterocycles. The summed E-state index contributed by atoms with van der Waals surface area (Å²) in [5.41, 5.74) is 1.51. The third-order valence-electron chi connectivity index (χ3n) is 4.17. The van der Waals surface area contributed by atoms with E-state index in [4.69, 9.17) is 0 Å². The van der Waals surface area contributed by atoms with Crippen LogP contribution in [0.25, 0.3) is 0 Å². The van der Waals surface area contributed by atoms with Crippen LogP contribution in [0, 0.1) is 5.92 Å². The Kier molecular flexibility index (Phi) is 5.54. The zero-order chi connectivity index (χ0) is 15.2. The molecule has 0 aliphatic carbocycles. The molecule has 0 saturated carbocycles. The number of nitrogens with zero attached hydrogens (tertiary/aromatic N) is 1. The van der Waals surface area contributed by atoms with Crippen molar-refractivity contribution in [2.75, 3.05) is 11.4 Å². The highest BCUT2D eigenvalue weighted by Gasteiger charge is 2.28. The summed E-state index contributed by atoms with van der Waals surface area (Å²) < 4.78 is 0. The van der Waals surface area contributed by atoms with E-state index in [1.807, 2.05) is 29.2 Å². The van der Waals surface area contributed by atoms with Crippen molar-refractivity contribution in [3.05, 3.63) is 29.8 Å². The Morgan fingerprint density at radius 3 is 2.52 bits per heavy atom. The van der Waals surface area contributed by atoms with E-state index in [0.29, 0.717) is 18.5 Å². The normalized spacial score (nSPS) is 15.0. The van der Waals surface area contributed by atoms with Crippen LogP contribution in [0.1, 0.15) is 62.7 Å². The minimum Gasteiger partial charge on any atom is -0.311 e. The summed E-state index contributed by atoms with van der Waals surface area (Å²) in [4.78, 5) is 26.9. The molecule has 0 fully saturated rings. The molecule has 0 radical (unpaired) electrons. The van der Waals surface area contributed by atoms with Crippen molar-refractivity contribution in [3.63, 3.8) is 0 Å². The van der Waals surface area contributed by atoms with Crippen LogP contribution in [-0.4, -0.2) is 18.2 Å². The Bertz CT molecular complexity index is 504. The van der Waals surface area contributed by atoms with Crippen molar-refractivity contribution in [2.45, 2.75) is 52.4 Å². The summed E-state index contributed by atoms with van der Waals surface area (Å²) >= 11 is 0.